The Hall–Kier alpha value is -2.22. The second-order valence-electron chi connectivity index (χ2n) is 4.31. The average molecular weight is 370 g/mol. The number of hydrogen-bond donors (Lipinski definition) is 2. The first-order valence-electron chi connectivity index (χ1n) is 6.19. The number of para-hydroxylation sites is 1. The smallest absolute Gasteiger partial charge is 0.288 e. The molecule has 0 aliphatic heterocycles. The highest BCUT2D eigenvalue weighted by molar-refractivity contribution is 7.80. The number of rotatable bonds is 3. The van der Waals surface area contributed by atoms with Gasteiger partial charge in [0.15, 0.2) is 5.11 Å². The largest absolute Gasteiger partial charge is 0.331 e. The molecule has 0 heterocycles. The maximum Gasteiger partial charge on any atom is 0.288 e. The first-order chi connectivity index (χ1) is 10.9. The SMILES string of the molecule is O=C(NC(=S)Nc1ccccc1Cl)c1ccc(Cl)c([N+](=O)[O-])c1. The number of nitro groups is 1. The van der Waals surface area contributed by atoms with Gasteiger partial charge in [-0.3, -0.25) is 20.2 Å². The van der Waals surface area contributed by atoms with Gasteiger partial charge >= 0.3 is 0 Å². The lowest BCUT2D eigenvalue weighted by Crippen LogP contribution is -2.34. The molecule has 0 saturated heterocycles. The van der Waals surface area contributed by atoms with E-state index in [2.05, 4.69) is 10.6 Å². The Morgan fingerprint density at radius 2 is 1.83 bits per heavy atom. The second-order valence-corrected chi connectivity index (χ2v) is 5.53. The van der Waals surface area contributed by atoms with E-state index in [4.69, 9.17) is 35.4 Å². The summed E-state index contributed by atoms with van der Waals surface area (Å²) in [5.74, 6) is -0.602. The van der Waals surface area contributed by atoms with E-state index >= 15 is 0 Å². The van der Waals surface area contributed by atoms with Gasteiger partial charge in [-0.2, -0.15) is 0 Å². The van der Waals surface area contributed by atoms with Crippen molar-refractivity contribution in [3.05, 3.63) is 68.2 Å². The summed E-state index contributed by atoms with van der Waals surface area (Å²) in [6.45, 7) is 0. The number of nitrogens with zero attached hydrogens (tertiary/aromatic N) is 1. The van der Waals surface area contributed by atoms with E-state index in [1.54, 1.807) is 24.3 Å². The Morgan fingerprint density at radius 1 is 1.13 bits per heavy atom. The molecule has 0 atom stereocenters. The fourth-order valence-electron chi connectivity index (χ4n) is 1.69. The summed E-state index contributed by atoms with van der Waals surface area (Å²) in [5, 5.41) is 16.4. The van der Waals surface area contributed by atoms with E-state index in [1.165, 1.54) is 12.1 Å². The first-order valence-corrected chi connectivity index (χ1v) is 7.35. The lowest BCUT2D eigenvalue weighted by atomic mass is 10.2. The Morgan fingerprint density at radius 3 is 2.48 bits per heavy atom. The number of carbonyl (C=O) groups excluding carboxylic acids is 1. The van der Waals surface area contributed by atoms with Gasteiger partial charge in [-0.25, -0.2) is 0 Å². The molecule has 1 amide bonds. The standard InChI is InChI=1S/C14H9Cl2N3O3S/c15-9-3-1-2-4-11(9)17-14(23)18-13(20)8-5-6-10(16)12(7-8)19(21)22/h1-7H,(H2,17,18,20,23). The van der Waals surface area contributed by atoms with Crippen molar-refractivity contribution in [2.24, 2.45) is 0 Å². The van der Waals surface area contributed by atoms with Crippen LogP contribution in [0.1, 0.15) is 10.4 Å². The van der Waals surface area contributed by atoms with Crippen LogP contribution in [0.5, 0.6) is 0 Å². The van der Waals surface area contributed by atoms with Crippen molar-refractivity contribution >= 4 is 57.8 Å². The van der Waals surface area contributed by atoms with Crippen LogP contribution in [0.15, 0.2) is 42.5 Å². The lowest BCUT2D eigenvalue weighted by Gasteiger charge is -2.10. The molecule has 23 heavy (non-hydrogen) atoms. The molecule has 0 bridgehead atoms. The number of thiocarbonyl (C=S) groups is 1. The monoisotopic (exact) mass is 369 g/mol. The van der Waals surface area contributed by atoms with Crippen LogP contribution >= 0.6 is 35.4 Å². The molecule has 0 saturated carbocycles. The van der Waals surface area contributed by atoms with Gasteiger partial charge in [-0.15, -0.1) is 0 Å². The Kier molecular flexibility index (Phi) is 5.49. The zero-order valence-corrected chi connectivity index (χ0v) is 13.7. The van der Waals surface area contributed by atoms with Crippen molar-refractivity contribution in [3.8, 4) is 0 Å². The van der Waals surface area contributed by atoms with E-state index in [-0.39, 0.29) is 21.4 Å². The zero-order valence-electron chi connectivity index (χ0n) is 11.4. The predicted molar refractivity (Wildman–Crippen MR) is 93.2 cm³/mol. The summed E-state index contributed by atoms with van der Waals surface area (Å²) in [4.78, 5) is 22.2. The van der Waals surface area contributed by atoms with Crippen LogP contribution in [-0.2, 0) is 0 Å². The molecular formula is C14H9Cl2N3O3S. The number of halogens is 2. The molecule has 0 spiro atoms. The number of carbonyl (C=O) groups is 1. The highest BCUT2D eigenvalue weighted by Gasteiger charge is 2.17. The third-order valence-corrected chi connectivity index (χ3v) is 3.61. The number of amides is 1. The van der Waals surface area contributed by atoms with Crippen molar-refractivity contribution in [1.29, 1.82) is 0 Å². The number of nitro benzene ring substituents is 1. The van der Waals surface area contributed by atoms with Crippen LogP contribution in [0.3, 0.4) is 0 Å². The summed E-state index contributed by atoms with van der Waals surface area (Å²) < 4.78 is 0. The van der Waals surface area contributed by atoms with E-state index in [0.717, 1.165) is 6.07 Å². The maximum absolute atomic E-state index is 12.1. The molecule has 0 aliphatic rings. The topological polar surface area (TPSA) is 84.3 Å². The summed E-state index contributed by atoms with van der Waals surface area (Å²) in [7, 11) is 0. The van der Waals surface area contributed by atoms with Crippen LogP contribution in [0.4, 0.5) is 11.4 Å². The number of nitrogens with one attached hydrogen (secondary N) is 2. The number of benzene rings is 2. The summed E-state index contributed by atoms with van der Waals surface area (Å²) in [5.41, 5.74) is 0.232. The molecule has 2 aromatic rings. The van der Waals surface area contributed by atoms with Gasteiger partial charge in [0, 0.05) is 11.6 Å². The zero-order chi connectivity index (χ0) is 17.0. The lowest BCUT2D eigenvalue weighted by molar-refractivity contribution is -0.384. The highest BCUT2D eigenvalue weighted by atomic mass is 35.5. The Bertz CT molecular complexity index is 799. The van der Waals surface area contributed by atoms with Crippen LogP contribution in [0.25, 0.3) is 0 Å². The summed E-state index contributed by atoms with van der Waals surface area (Å²) >= 11 is 16.7. The molecule has 0 radical (unpaired) electrons. The van der Waals surface area contributed by atoms with Crippen LogP contribution < -0.4 is 10.6 Å². The fourth-order valence-corrected chi connectivity index (χ4v) is 2.26. The number of hydrogen-bond acceptors (Lipinski definition) is 4. The van der Waals surface area contributed by atoms with Gasteiger partial charge in [0.25, 0.3) is 11.6 Å². The van der Waals surface area contributed by atoms with E-state index in [9.17, 15) is 14.9 Å². The number of anilines is 1. The molecule has 9 heteroatoms. The third-order valence-electron chi connectivity index (χ3n) is 2.75. The third kappa shape index (κ3) is 4.38. The molecular weight excluding hydrogens is 361 g/mol. The van der Waals surface area contributed by atoms with Crippen molar-refractivity contribution in [3.63, 3.8) is 0 Å². The summed E-state index contributed by atoms with van der Waals surface area (Å²) in [6, 6.07) is 10.6. The van der Waals surface area contributed by atoms with Gasteiger partial charge in [-0.1, -0.05) is 35.3 Å². The fraction of sp³-hybridized carbons (Fsp3) is 0. The highest BCUT2D eigenvalue weighted by Crippen LogP contribution is 2.25. The predicted octanol–water partition coefficient (Wildman–Crippen LogP) is 4.03. The van der Waals surface area contributed by atoms with Crippen molar-refractivity contribution in [2.75, 3.05) is 5.32 Å². The quantitative estimate of drug-likeness (QED) is 0.484. The molecule has 0 fully saturated rings. The molecule has 0 unspecified atom stereocenters. The van der Waals surface area contributed by atoms with Crippen molar-refractivity contribution in [1.82, 2.24) is 5.32 Å². The van der Waals surface area contributed by atoms with Gasteiger partial charge in [-0.05, 0) is 36.5 Å². The van der Waals surface area contributed by atoms with Crippen LogP contribution in [0.2, 0.25) is 10.0 Å². The minimum Gasteiger partial charge on any atom is -0.331 e. The van der Waals surface area contributed by atoms with Gasteiger partial charge in [0.05, 0.1) is 15.6 Å². The molecule has 2 rings (SSSR count). The van der Waals surface area contributed by atoms with Gasteiger partial charge in [0.2, 0.25) is 0 Å². The maximum atomic E-state index is 12.1. The van der Waals surface area contributed by atoms with E-state index in [1.807, 2.05) is 0 Å². The van der Waals surface area contributed by atoms with Crippen LogP contribution in [-0.4, -0.2) is 15.9 Å². The molecule has 0 aromatic heterocycles. The Labute approximate surface area is 146 Å². The normalized spacial score (nSPS) is 10.0. The van der Waals surface area contributed by atoms with Crippen molar-refractivity contribution in [2.45, 2.75) is 0 Å². The molecule has 0 aliphatic carbocycles. The van der Waals surface area contributed by atoms with Crippen LogP contribution in [0, 0.1) is 10.1 Å². The van der Waals surface area contributed by atoms with Crippen molar-refractivity contribution < 1.29 is 9.72 Å². The van der Waals surface area contributed by atoms with Gasteiger partial charge in [0.1, 0.15) is 5.02 Å². The summed E-state index contributed by atoms with van der Waals surface area (Å²) in [6.07, 6.45) is 0. The molecule has 2 aromatic carbocycles. The second kappa shape index (κ2) is 7.36. The Balaban J connectivity index is 2.10. The van der Waals surface area contributed by atoms with Gasteiger partial charge < -0.3 is 5.32 Å². The van der Waals surface area contributed by atoms with E-state index < -0.39 is 10.8 Å². The molecule has 2 N–H and O–H groups in total. The first kappa shape index (κ1) is 17.1. The minimum absolute atomic E-state index is 0.0145. The van der Waals surface area contributed by atoms with E-state index in [0.29, 0.717) is 10.7 Å². The average Bonchev–Trinajstić information content (AvgIpc) is 2.49. The molecule has 118 valence electrons. The molecule has 6 nitrogen and oxygen atoms in total. The minimum atomic E-state index is -0.667.